The molecule has 0 fully saturated rings. The molecular formula is C9H20O3. The van der Waals surface area contributed by atoms with Crippen molar-refractivity contribution in [3.63, 3.8) is 0 Å². The minimum absolute atomic E-state index is 0.0215. The van der Waals surface area contributed by atoms with Crippen LogP contribution >= 0.6 is 0 Å². The van der Waals surface area contributed by atoms with E-state index in [0.717, 1.165) is 6.42 Å². The second-order valence-corrected chi connectivity index (χ2v) is 3.42. The Morgan fingerprint density at radius 3 is 2.08 bits per heavy atom. The molecule has 0 bridgehead atoms. The van der Waals surface area contributed by atoms with Crippen molar-refractivity contribution in [3.8, 4) is 0 Å². The Labute approximate surface area is 74.4 Å². The maximum Gasteiger partial charge on any atom is 0.0550 e. The van der Waals surface area contributed by atoms with E-state index < -0.39 is 0 Å². The number of hydrogen-bond acceptors (Lipinski definition) is 3. The van der Waals surface area contributed by atoms with Gasteiger partial charge in [0, 0.05) is 12.5 Å². The standard InChI is InChI=1S/C9H20O3/c1-4-9(6-10,7-11)5-8(2)12-3/h8,10-11H,4-7H2,1-3H3. The zero-order valence-corrected chi connectivity index (χ0v) is 8.21. The summed E-state index contributed by atoms with van der Waals surface area (Å²) in [5.41, 5.74) is -0.366. The van der Waals surface area contributed by atoms with E-state index in [0.29, 0.717) is 6.42 Å². The van der Waals surface area contributed by atoms with Crippen LogP contribution in [0.2, 0.25) is 0 Å². The summed E-state index contributed by atoms with van der Waals surface area (Å²) in [5.74, 6) is 0. The smallest absolute Gasteiger partial charge is 0.0550 e. The lowest BCUT2D eigenvalue weighted by atomic mass is 9.81. The molecular weight excluding hydrogens is 156 g/mol. The van der Waals surface area contributed by atoms with Gasteiger partial charge in [-0.05, 0) is 19.8 Å². The predicted octanol–water partition coefficient (Wildman–Crippen LogP) is 0.792. The van der Waals surface area contributed by atoms with Gasteiger partial charge in [0.1, 0.15) is 0 Å². The normalized spacial score (nSPS) is 14.8. The van der Waals surface area contributed by atoms with Crippen LogP contribution in [0.1, 0.15) is 26.7 Å². The van der Waals surface area contributed by atoms with E-state index in [-0.39, 0.29) is 24.7 Å². The molecule has 0 aliphatic carbocycles. The third-order valence-corrected chi connectivity index (χ3v) is 2.54. The minimum atomic E-state index is -0.366. The van der Waals surface area contributed by atoms with E-state index in [1.807, 2.05) is 13.8 Å². The van der Waals surface area contributed by atoms with Gasteiger partial charge in [-0.2, -0.15) is 0 Å². The highest BCUT2D eigenvalue weighted by Crippen LogP contribution is 2.27. The summed E-state index contributed by atoms with van der Waals surface area (Å²) in [5, 5.41) is 18.2. The molecule has 0 aromatic heterocycles. The van der Waals surface area contributed by atoms with Gasteiger partial charge in [-0.3, -0.25) is 0 Å². The summed E-state index contributed by atoms with van der Waals surface area (Å²) in [4.78, 5) is 0. The highest BCUT2D eigenvalue weighted by Gasteiger charge is 2.28. The molecule has 0 radical (unpaired) electrons. The molecule has 3 heteroatoms. The number of aliphatic hydroxyl groups is 2. The van der Waals surface area contributed by atoms with E-state index in [1.165, 1.54) is 0 Å². The molecule has 12 heavy (non-hydrogen) atoms. The van der Waals surface area contributed by atoms with Gasteiger partial charge in [-0.1, -0.05) is 6.92 Å². The summed E-state index contributed by atoms with van der Waals surface area (Å²) < 4.78 is 5.09. The Hall–Kier alpha value is -0.120. The molecule has 0 aromatic carbocycles. The van der Waals surface area contributed by atoms with Gasteiger partial charge in [0.15, 0.2) is 0 Å². The van der Waals surface area contributed by atoms with Gasteiger partial charge in [0.05, 0.1) is 19.3 Å². The summed E-state index contributed by atoms with van der Waals surface area (Å²) in [6, 6.07) is 0. The van der Waals surface area contributed by atoms with Gasteiger partial charge in [-0.25, -0.2) is 0 Å². The molecule has 3 nitrogen and oxygen atoms in total. The van der Waals surface area contributed by atoms with Crippen molar-refractivity contribution in [1.29, 1.82) is 0 Å². The van der Waals surface area contributed by atoms with Crippen LogP contribution in [-0.4, -0.2) is 36.6 Å². The van der Waals surface area contributed by atoms with Crippen LogP contribution < -0.4 is 0 Å². The van der Waals surface area contributed by atoms with E-state index >= 15 is 0 Å². The monoisotopic (exact) mass is 176 g/mol. The van der Waals surface area contributed by atoms with Crippen molar-refractivity contribution in [1.82, 2.24) is 0 Å². The van der Waals surface area contributed by atoms with Crippen LogP contribution in [0, 0.1) is 5.41 Å². The molecule has 1 atom stereocenters. The highest BCUT2D eigenvalue weighted by molar-refractivity contribution is 4.78. The van der Waals surface area contributed by atoms with Crippen molar-refractivity contribution in [2.24, 2.45) is 5.41 Å². The molecule has 0 amide bonds. The van der Waals surface area contributed by atoms with Crippen LogP contribution in [-0.2, 0) is 4.74 Å². The van der Waals surface area contributed by atoms with Crippen molar-refractivity contribution in [3.05, 3.63) is 0 Å². The van der Waals surface area contributed by atoms with Crippen molar-refractivity contribution >= 4 is 0 Å². The molecule has 0 spiro atoms. The zero-order chi connectivity index (χ0) is 9.61. The first-order valence-corrected chi connectivity index (χ1v) is 4.38. The average Bonchev–Trinajstić information content (AvgIpc) is 2.14. The number of hydrogen-bond donors (Lipinski definition) is 2. The Kier molecular flexibility index (Phi) is 5.46. The first kappa shape index (κ1) is 11.9. The van der Waals surface area contributed by atoms with Gasteiger partial charge >= 0.3 is 0 Å². The Morgan fingerprint density at radius 1 is 1.33 bits per heavy atom. The molecule has 0 heterocycles. The topological polar surface area (TPSA) is 49.7 Å². The first-order chi connectivity index (χ1) is 5.64. The van der Waals surface area contributed by atoms with E-state index in [1.54, 1.807) is 7.11 Å². The van der Waals surface area contributed by atoms with Crippen LogP contribution in [0.4, 0.5) is 0 Å². The fourth-order valence-corrected chi connectivity index (χ4v) is 1.24. The maximum absolute atomic E-state index is 9.11. The number of rotatable bonds is 6. The fraction of sp³-hybridized carbons (Fsp3) is 1.00. The molecule has 0 saturated heterocycles. The van der Waals surface area contributed by atoms with Crippen molar-refractivity contribution < 1.29 is 14.9 Å². The molecule has 2 N–H and O–H groups in total. The predicted molar refractivity (Wildman–Crippen MR) is 48.0 cm³/mol. The van der Waals surface area contributed by atoms with Crippen LogP contribution in [0.3, 0.4) is 0 Å². The fourth-order valence-electron chi connectivity index (χ4n) is 1.24. The third kappa shape index (κ3) is 3.09. The van der Waals surface area contributed by atoms with E-state index in [9.17, 15) is 0 Å². The quantitative estimate of drug-likeness (QED) is 0.629. The van der Waals surface area contributed by atoms with Crippen molar-refractivity contribution in [2.75, 3.05) is 20.3 Å². The summed E-state index contributed by atoms with van der Waals surface area (Å²) in [6.07, 6.45) is 1.56. The molecule has 0 saturated carbocycles. The average molecular weight is 176 g/mol. The Bertz CT molecular complexity index is 102. The van der Waals surface area contributed by atoms with E-state index in [2.05, 4.69) is 0 Å². The van der Waals surface area contributed by atoms with Crippen molar-refractivity contribution in [2.45, 2.75) is 32.8 Å². The van der Waals surface area contributed by atoms with Crippen LogP contribution in [0.25, 0.3) is 0 Å². The number of methoxy groups -OCH3 is 1. The van der Waals surface area contributed by atoms with Crippen LogP contribution in [0.15, 0.2) is 0 Å². The lowest BCUT2D eigenvalue weighted by molar-refractivity contribution is -0.00515. The number of ether oxygens (including phenoxy) is 1. The summed E-state index contributed by atoms with van der Waals surface area (Å²) >= 11 is 0. The van der Waals surface area contributed by atoms with Gasteiger partial charge < -0.3 is 14.9 Å². The van der Waals surface area contributed by atoms with Crippen LogP contribution in [0.5, 0.6) is 0 Å². The Morgan fingerprint density at radius 2 is 1.83 bits per heavy atom. The highest BCUT2D eigenvalue weighted by atomic mass is 16.5. The lowest BCUT2D eigenvalue weighted by Crippen LogP contribution is -2.33. The zero-order valence-electron chi connectivity index (χ0n) is 8.21. The molecule has 1 unspecified atom stereocenters. The number of aliphatic hydroxyl groups excluding tert-OH is 2. The largest absolute Gasteiger partial charge is 0.396 e. The van der Waals surface area contributed by atoms with Gasteiger partial charge in [0.2, 0.25) is 0 Å². The molecule has 0 aromatic rings. The van der Waals surface area contributed by atoms with Gasteiger partial charge in [0.25, 0.3) is 0 Å². The molecule has 0 aliphatic heterocycles. The summed E-state index contributed by atoms with van der Waals surface area (Å²) in [6.45, 7) is 3.95. The third-order valence-electron chi connectivity index (χ3n) is 2.54. The summed E-state index contributed by atoms with van der Waals surface area (Å²) in [7, 11) is 1.64. The first-order valence-electron chi connectivity index (χ1n) is 4.38. The molecule has 0 rings (SSSR count). The second-order valence-electron chi connectivity index (χ2n) is 3.42. The molecule has 0 aliphatic rings. The lowest BCUT2D eigenvalue weighted by Gasteiger charge is -2.30. The van der Waals surface area contributed by atoms with E-state index in [4.69, 9.17) is 14.9 Å². The maximum atomic E-state index is 9.11. The molecule has 74 valence electrons. The Balaban J connectivity index is 4.09. The second kappa shape index (κ2) is 5.51. The SMILES string of the molecule is CCC(CO)(CO)CC(C)OC. The minimum Gasteiger partial charge on any atom is -0.396 e. The van der Waals surface area contributed by atoms with Gasteiger partial charge in [-0.15, -0.1) is 0 Å².